The van der Waals surface area contributed by atoms with E-state index in [2.05, 4.69) is 5.32 Å². The highest BCUT2D eigenvalue weighted by Gasteiger charge is 2.50. The fourth-order valence-corrected chi connectivity index (χ4v) is 3.45. The van der Waals surface area contributed by atoms with Crippen molar-refractivity contribution in [2.75, 3.05) is 14.2 Å². The Morgan fingerprint density at radius 1 is 0.962 bits per heavy atom. The van der Waals surface area contributed by atoms with Gasteiger partial charge in [0.25, 0.3) is 0 Å². The van der Waals surface area contributed by atoms with Crippen molar-refractivity contribution in [3.05, 3.63) is 11.4 Å². The first-order chi connectivity index (χ1) is 12.3. The summed E-state index contributed by atoms with van der Waals surface area (Å²) in [5.41, 5.74) is -0.102. The molecule has 1 saturated carbocycles. The minimum absolute atomic E-state index is 0.0328. The van der Waals surface area contributed by atoms with Crippen molar-refractivity contribution in [3.8, 4) is 0 Å². The van der Waals surface area contributed by atoms with Crippen LogP contribution in [0.15, 0.2) is 11.4 Å². The van der Waals surface area contributed by atoms with E-state index in [1.165, 1.54) is 21.0 Å². The van der Waals surface area contributed by atoms with Crippen LogP contribution >= 0.6 is 0 Å². The molecule has 1 N–H and O–H groups in total. The summed E-state index contributed by atoms with van der Waals surface area (Å²) in [4.78, 5) is 49.3. The average molecular weight is 367 g/mol. The largest absolute Gasteiger partial charge is 0.467 e. The van der Waals surface area contributed by atoms with E-state index in [1.807, 2.05) is 0 Å². The van der Waals surface area contributed by atoms with Gasteiger partial charge in [0.05, 0.1) is 14.2 Å². The number of nitrogens with one attached hydrogen (secondary N) is 1. The van der Waals surface area contributed by atoms with Gasteiger partial charge >= 0.3 is 11.9 Å². The van der Waals surface area contributed by atoms with Crippen LogP contribution in [0.2, 0.25) is 0 Å². The molecule has 9 heteroatoms. The summed E-state index contributed by atoms with van der Waals surface area (Å²) in [7, 11) is 2.33. The van der Waals surface area contributed by atoms with Gasteiger partial charge in [0, 0.05) is 19.9 Å². The summed E-state index contributed by atoms with van der Waals surface area (Å²) in [5, 5.41) is 5.16. The molecular formula is C17H25N3O6. The first kappa shape index (κ1) is 19.7. The Labute approximate surface area is 152 Å². The minimum Gasteiger partial charge on any atom is -0.467 e. The number of hydrazine groups is 1. The van der Waals surface area contributed by atoms with Crippen molar-refractivity contribution >= 4 is 23.8 Å². The molecule has 2 aliphatic rings. The third-order valence-electron chi connectivity index (χ3n) is 4.60. The number of hydrogen-bond donors (Lipinski definition) is 1. The molecule has 26 heavy (non-hydrogen) atoms. The van der Waals surface area contributed by atoms with E-state index in [0.717, 1.165) is 49.2 Å². The summed E-state index contributed by atoms with van der Waals surface area (Å²) in [6, 6.07) is -1.34. The molecule has 1 unspecified atom stereocenters. The summed E-state index contributed by atoms with van der Waals surface area (Å²) in [5.74, 6) is -2.59. The zero-order valence-electron chi connectivity index (χ0n) is 15.5. The topological polar surface area (TPSA) is 105 Å². The first-order valence-corrected chi connectivity index (χ1v) is 8.60. The second-order valence-electron chi connectivity index (χ2n) is 6.35. The van der Waals surface area contributed by atoms with Crippen LogP contribution < -0.4 is 5.32 Å². The normalized spacial score (nSPS) is 20.8. The minimum atomic E-state index is -1.38. The van der Waals surface area contributed by atoms with Crippen molar-refractivity contribution in [2.45, 2.75) is 58.0 Å². The smallest absolute Gasteiger partial charge is 0.340 e. The molecule has 2 rings (SSSR count). The van der Waals surface area contributed by atoms with Gasteiger partial charge in [0.2, 0.25) is 11.8 Å². The fraction of sp³-hybridized carbons (Fsp3) is 0.647. The van der Waals surface area contributed by atoms with E-state index >= 15 is 0 Å². The average Bonchev–Trinajstić information content (AvgIpc) is 2.96. The lowest BCUT2D eigenvalue weighted by Crippen LogP contribution is -2.52. The Morgan fingerprint density at radius 2 is 1.58 bits per heavy atom. The second-order valence-corrected chi connectivity index (χ2v) is 6.35. The van der Waals surface area contributed by atoms with Crippen molar-refractivity contribution in [3.63, 3.8) is 0 Å². The zero-order valence-corrected chi connectivity index (χ0v) is 15.5. The van der Waals surface area contributed by atoms with E-state index in [0.29, 0.717) is 0 Å². The van der Waals surface area contributed by atoms with Crippen LogP contribution in [0.25, 0.3) is 0 Å². The number of rotatable bonds is 4. The van der Waals surface area contributed by atoms with Crippen molar-refractivity contribution < 1.29 is 28.7 Å². The first-order valence-electron chi connectivity index (χ1n) is 8.60. The number of amides is 2. The molecule has 1 fully saturated rings. The summed E-state index contributed by atoms with van der Waals surface area (Å²) in [6.45, 7) is 2.47. The molecule has 0 saturated heterocycles. The number of carbonyl (C=O) groups is 4. The lowest BCUT2D eigenvalue weighted by Gasteiger charge is -2.33. The van der Waals surface area contributed by atoms with Crippen LogP contribution in [0, 0.1) is 0 Å². The van der Waals surface area contributed by atoms with Crippen LogP contribution in [0.5, 0.6) is 0 Å². The molecule has 0 bridgehead atoms. The van der Waals surface area contributed by atoms with Crippen LogP contribution in [0.3, 0.4) is 0 Å². The van der Waals surface area contributed by atoms with Crippen molar-refractivity contribution in [1.82, 2.24) is 15.3 Å². The predicted molar refractivity (Wildman–Crippen MR) is 89.9 cm³/mol. The Balaban J connectivity index is 2.56. The molecule has 144 valence electrons. The molecule has 1 aliphatic carbocycles. The molecule has 0 radical (unpaired) electrons. The van der Waals surface area contributed by atoms with Gasteiger partial charge in [-0.3, -0.25) is 9.59 Å². The van der Waals surface area contributed by atoms with Crippen molar-refractivity contribution in [2.24, 2.45) is 0 Å². The number of esters is 2. The van der Waals surface area contributed by atoms with E-state index in [-0.39, 0.29) is 17.4 Å². The highest BCUT2D eigenvalue weighted by atomic mass is 16.5. The lowest BCUT2D eigenvalue weighted by atomic mass is 9.95. The summed E-state index contributed by atoms with van der Waals surface area (Å²) < 4.78 is 9.58. The van der Waals surface area contributed by atoms with Gasteiger partial charge in [0.15, 0.2) is 6.04 Å². The fourth-order valence-electron chi connectivity index (χ4n) is 3.45. The van der Waals surface area contributed by atoms with Gasteiger partial charge in [-0.15, -0.1) is 0 Å². The van der Waals surface area contributed by atoms with Gasteiger partial charge in [-0.1, -0.05) is 19.3 Å². The Bertz CT molecular complexity index is 638. The lowest BCUT2D eigenvalue weighted by molar-refractivity contribution is -0.166. The molecule has 2 amide bonds. The molecule has 0 aromatic carbocycles. The van der Waals surface area contributed by atoms with Gasteiger partial charge in [0.1, 0.15) is 11.4 Å². The molecule has 0 spiro atoms. The van der Waals surface area contributed by atoms with Crippen LogP contribution in [-0.4, -0.2) is 60.1 Å². The zero-order chi connectivity index (χ0) is 19.4. The summed E-state index contributed by atoms with van der Waals surface area (Å²) in [6.07, 6.45) is 4.91. The summed E-state index contributed by atoms with van der Waals surface area (Å²) >= 11 is 0. The number of ether oxygens (including phenoxy) is 2. The van der Waals surface area contributed by atoms with Gasteiger partial charge < -0.3 is 14.8 Å². The quantitative estimate of drug-likeness (QED) is 0.720. The number of methoxy groups -OCH3 is 2. The van der Waals surface area contributed by atoms with Gasteiger partial charge in [-0.2, -0.15) is 0 Å². The number of hydrogen-bond acceptors (Lipinski definition) is 7. The monoisotopic (exact) mass is 367 g/mol. The Kier molecular flexibility index (Phi) is 6.23. The van der Waals surface area contributed by atoms with Crippen LogP contribution in [-0.2, 0) is 28.7 Å². The molecule has 1 heterocycles. The van der Waals surface area contributed by atoms with E-state index in [9.17, 15) is 19.2 Å². The molecule has 9 nitrogen and oxygen atoms in total. The van der Waals surface area contributed by atoms with Crippen molar-refractivity contribution in [1.29, 1.82) is 0 Å². The standard InChI is InChI=1S/C17H25N3O6/c1-10(21)19-14(17(24)26-4)13(16(23)25-3)15(20(19)11(2)22)18-12-8-6-5-7-9-12/h12,14,18H,5-9H2,1-4H3. The van der Waals surface area contributed by atoms with E-state index in [4.69, 9.17) is 9.47 Å². The maximum absolute atomic E-state index is 12.4. The highest BCUT2D eigenvalue weighted by molar-refractivity contribution is 6.02. The maximum Gasteiger partial charge on any atom is 0.340 e. The highest BCUT2D eigenvalue weighted by Crippen LogP contribution is 2.32. The molecule has 0 aromatic rings. The number of nitrogens with zero attached hydrogens (tertiary/aromatic N) is 2. The molecule has 0 aromatic heterocycles. The number of carbonyl (C=O) groups excluding carboxylic acids is 4. The Morgan fingerprint density at radius 3 is 2.04 bits per heavy atom. The third kappa shape index (κ3) is 3.66. The maximum atomic E-state index is 12.4. The van der Waals surface area contributed by atoms with E-state index in [1.54, 1.807) is 0 Å². The predicted octanol–water partition coefficient (Wildman–Crippen LogP) is 0.461. The molecule has 1 aliphatic heterocycles. The van der Waals surface area contributed by atoms with Gasteiger partial charge in [-0.05, 0) is 12.8 Å². The van der Waals surface area contributed by atoms with Crippen LogP contribution in [0.1, 0.15) is 46.0 Å². The third-order valence-corrected chi connectivity index (χ3v) is 4.60. The Hall–Kier alpha value is -2.58. The molecule has 1 atom stereocenters. The van der Waals surface area contributed by atoms with Gasteiger partial charge in [-0.25, -0.2) is 19.6 Å². The SMILES string of the molecule is COC(=O)C1=C(NC2CCCCC2)N(C(C)=O)N(C(C)=O)C1C(=O)OC. The van der Waals surface area contributed by atoms with Crippen LogP contribution in [0.4, 0.5) is 0 Å². The van der Waals surface area contributed by atoms with E-state index < -0.39 is 29.8 Å². The second kappa shape index (κ2) is 8.20. The molecular weight excluding hydrogens is 342 g/mol.